The van der Waals surface area contributed by atoms with Crippen molar-refractivity contribution in [2.24, 2.45) is 5.92 Å². The fourth-order valence-electron chi connectivity index (χ4n) is 4.19. The average molecular weight is 487 g/mol. The Hall–Kier alpha value is -2.49. The van der Waals surface area contributed by atoms with Crippen LogP contribution >= 0.6 is 11.3 Å². The van der Waals surface area contributed by atoms with E-state index in [1.807, 2.05) is 38.1 Å². The molecular weight excluding hydrogens is 456 g/mol. The quantitative estimate of drug-likeness (QED) is 0.518. The van der Waals surface area contributed by atoms with Gasteiger partial charge < -0.3 is 4.90 Å². The summed E-state index contributed by atoms with van der Waals surface area (Å²) in [7, 11) is -3.69. The van der Waals surface area contributed by atoms with Gasteiger partial charge in [-0.1, -0.05) is 44.2 Å². The molecule has 0 radical (unpaired) electrons. The number of carbonyl (C=O) groups is 1. The van der Waals surface area contributed by atoms with Crippen LogP contribution in [0.1, 0.15) is 44.0 Å². The minimum absolute atomic E-state index is 0.134. The summed E-state index contributed by atoms with van der Waals surface area (Å²) in [5.74, 6) is 0.294. The number of benzene rings is 2. The van der Waals surface area contributed by atoms with Crippen LogP contribution in [0.2, 0.25) is 0 Å². The molecule has 1 aliphatic rings. The molecule has 0 unspecified atom stereocenters. The van der Waals surface area contributed by atoms with E-state index in [9.17, 15) is 13.2 Å². The van der Waals surface area contributed by atoms with Crippen molar-refractivity contribution in [3.63, 3.8) is 0 Å². The Kier molecular flexibility index (Phi) is 7.02. The highest BCUT2D eigenvalue weighted by Gasteiger charge is 2.27. The van der Waals surface area contributed by atoms with Crippen LogP contribution in [0, 0.1) is 5.92 Å². The summed E-state index contributed by atoms with van der Waals surface area (Å²) in [4.78, 5) is 20.2. The predicted octanol–water partition coefficient (Wildman–Crippen LogP) is 4.82. The van der Waals surface area contributed by atoms with Crippen molar-refractivity contribution in [1.82, 2.24) is 9.29 Å². The third-order valence-corrected chi connectivity index (χ3v) is 9.19. The number of para-hydroxylation sites is 1. The van der Waals surface area contributed by atoms with E-state index in [0.29, 0.717) is 29.7 Å². The zero-order valence-electron chi connectivity index (χ0n) is 19.2. The van der Waals surface area contributed by atoms with Gasteiger partial charge in [-0.15, -0.1) is 0 Å². The SMILES string of the molecule is CCN(CC)S(=O)(=O)c1ccc(N2CCC(C)CC2)c(C(=O)Nc2nc3ccccc3s2)c1. The summed E-state index contributed by atoms with van der Waals surface area (Å²) in [6.45, 7) is 8.28. The number of rotatable bonds is 7. The number of amides is 1. The maximum atomic E-state index is 13.4. The molecule has 0 bridgehead atoms. The van der Waals surface area contributed by atoms with Crippen molar-refractivity contribution >= 4 is 48.3 Å². The first kappa shape index (κ1) is 23.7. The average Bonchev–Trinajstić information content (AvgIpc) is 3.22. The predicted molar refractivity (Wildman–Crippen MR) is 135 cm³/mol. The Morgan fingerprint density at radius 1 is 1.15 bits per heavy atom. The molecule has 7 nitrogen and oxygen atoms in total. The highest BCUT2D eigenvalue weighted by Crippen LogP contribution is 2.31. The van der Waals surface area contributed by atoms with Crippen molar-refractivity contribution in [2.75, 3.05) is 36.4 Å². The van der Waals surface area contributed by atoms with E-state index in [0.717, 1.165) is 41.8 Å². The van der Waals surface area contributed by atoms with Gasteiger partial charge in [-0.2, -0.15) is 4.31 Å². The van der Waals surface area contributed by atoms with Crippen LogP contribution in [0.4, 0.5) is 10.8 Å². The molecular formula is C24H30N4O3S2. The third kappa shape index (κ3) is 4.90. The Labute approximate surface area is 199 Å². The van der Waals surface area contributed by atoms with Crippen LogP contribution in [-0.4, -0.2) is 49.8 Å². The minimum Gasteiger partial charge on any atom is -0.371 e. The summed E-state index contributed by atoms with van der Waals surface area (Å²) in [5, 5.41) is 3.40. The van der Waals surface area contributed by atoms with E-state index in [2.05, 4.69) is 22.1 Å². The van der Waals surface area contributed by atoms with E-state index in [-0.39, 0.29) is 10.8 Å². The van der Waals surface area contributed by atoms with Gasteiger partial charge in [0.2, 0.25) is 10.0 Å². The Morgan fingerprint density at radius 3 is 2.52 bits per heavy atom. The number of hydrogen-bond donors (Lipinski definition) is 1. The Morgan fingerprint density at radius 2 is 1.85 bits per heavy atom. The van der Waals surface area contributed by atoms with E-state index in [1.165, 1.54) is 21.7 Å². The molecule has 4 rings (SSSR count). The molecule has 2 heterocycles. The van der Waals surface area contributed by atoms with Gasteiger partial charge in [0.1, 0.15) is 0 Å². The minimum atomic E-state index is -3.69. The second-order valence-corrected chi connectivity index (χ2v) is 11.3. The summed E-state index contributed by atoms with van der Waals surface area (Å²) in [6.07, 6.45) is 2.08. The lowest BCUT2D eigenvalue weighted by Gasteiger charge is -2.33. The van der Waals surface area contributed by atoms with Crippen LogP contribution in [0.25, 0.3) is 10.2 Å². The zero-order chi connectivity index (χ0) is 23.6. The maximum Gasteiger partial charge on any atom is 0.259 e. The lowest BCUT2D eigenvalue weighted by atomic mass is 9.98. The maximum absolute atomic E-state index is 13.4. The molecule has 176 valence electrons. The van der Waals surface area contributed by atoms with Gasteiger partial charge in [-0.3, -0.25) is 10.1 Å². The first-order chi connectivity index (χ1) is 15.8. The van der Waals surface area contributed by atoms with Gasteiger partial charge in [0, 0.05) is 31.9 Å². The fourth-order valence-corrected chi connectivity index (χ4v) is 6.53. The molecule has 1 aliphatic heterocycles. The zero-order valence-corrected chi connectivity index (χ0v) is 20.9. The lowest BCUT2D eigenvalue weighted by Crippen LogP contribution is -2.35. The van der Waals surface area contributed by atoms with Gasteiger partial charge in [0.15, 0.2) is 5.13 Å². The van der Waals surface area contributed by atoms with Crippen molar-refractivity contribution < 1.29 is 13.2 Å². The number of fused-ring (bicyclic) bond motifs is 1. The number of nitrogens with one attached hydrogen (secondary N) is 1. The number of thiazole rings is 1. The number of aromatic nitrogens is 1. The molecule has 1 aromatic heterocycles. The lowest BCUT2D eigenvalue weighted by molar-refractivity contribution is 0.102. The van der Waals surface area contributed by atoms with Gasteiger partial charge in [-0.25, -0.2) is 13.4 Å². The van der Waals surface area contributed by atoms with E-state index in [1.54, 1.807) is 12.1 Å². The van der Waals surface area contributed by atoms with Crippen molar-refractivity contribution in [1.29, 1.82) is 0 Å². The van der Waals surface area contributed by atoms with E-state index < -0.39 is 10.0 Å². The van der Waals surface area contributed by atoms with Crippen LogP contribution in [0.15, 0.2) is 47.4 Å². The molecule has 1 amide bonds. The molecule has 1 N–H and O–H groups in total. The largest absolute Gasteiger partial charge is 0.371 e. The molecule has 0 aliphatic carbocycles. The highest BCUT2D eigenvalue weighted by atomic mass is 32.2. The number of hydrogen-bond acceptors (Lipinski definition) is 6. The van der Waals surface area contributed by atoms with Gasteiger partial charge in [-0.05, 0) is 49.1 Å². The number of anilines is 2. The number of sulfonamides is 1. The molecule has 1 fully saturated rings. The van der Waals surface area contributed by atoms with E-state index >= 15 is 0 Å². The topological polar surface area (TPSA) is 82.6 Å². The molecule has 33 heavy (non-hydrogen) atoms. The Balaban J connectivity index is 1.72. The Bertz CT molecular complexity index is 1210. The van der Waals surface area contributed by atoms with E-state index in [4.69, 9.17) is 0 Å². The first-order valence-electron chi connectivity index (χ1n) is 11.4. The van der Waals surface area contributed by atoms with Crippen LogP contribution in [0.5, 0.6) is 0 Å². The molecule has 0 atom stereocenters. The van der Waals surface area contributed by atoms with Gasteiger partial charge in [0.25, 0.3) is 5.91 Å². The number of piperidine rings is 1. The molecule has 9 heteroatoms. The first-order valence-corrected chi connectivity index (χ1v) is 13.6. The molecule has 0 spiro atoms. The summed E-state index contributed by atoms with van der Waals surface area (Å²) >= 11 is 1.40. The summed E-state index contributed by atoms with van der Waals surface area (Å²) < 4.78 is 28.7. The standard InChI is InChI=1S/C24H30N4O3S2/c1-4-28(5-2)33(30,31)18-10-11-21(27-14-12-17(3)13-15-27)19(16-18)23(29)26-24-25-20-8-6-7-9-22(20)32-24/h6-11,16-17H,4-5,12-15H2,1-3H3,(H,25,26,29). The highest BCUT2D eigenvalue weighted by molar-refractivity contribution is 7.89. The summed E-state index contributed by atoms with van der Waals surface area (Å²) in [6, 6.07) is 12.6. The second kappa shape index (κ2) is 9.79. The molecule has 1 saturated heterocycles. The normalized spacial score (nSPS) is 15.3. The fraction of sp³-hybridized carbons (Fsp3) is 0.417. The molecule has 2 aromatic carbocycles. The molecule has 0 saturated carbocycles. The number of carbonyl (C=O) groups excluding carboxylic acids is 1. The third-order valence-electron chi connectivity index (χ3n) is 6.19. The van der Waals surface area contributed by atoms with Gasteiger partial charge >= 0.3 is 0 Å². The smallest absolute Gasteiger partial charge is 0.259 e. The van der Waals surface area contributed by atoms with Gasteiger partial charge in [0.05, 0.1) is 20.7 Å². The molecule has 3 aromatic rings. The van der Waals surface area contributed by atoms with Crippen LogP contribution in [0.3, 0.4) is 0 Å². The van der Waals surface area contributed by atoms with Crippen LogP contribution < -0.4 is 10.2 Å². The summed E-state index contributed by atoms with van der Waals surface area (Å²) in [5.41, 5.74) is 1.94. The second-order valence-electron chi connectivity index (χ2n) is 8.38. The van der Waals surface area contributed by atoms with Crippen molar-refractivity contribution in [2.45, 2.75) is 38.5 Å². The van der Waals surface area contributed by atoms with Crippen molar-refractivity contribution in [3.05, 3.63) is 48.0 Å². The monoisotopic (exact) mass is 486 g/mol. The number of nitrogens with zero attached hydrogens (tertiary/aromatic N) is 3. The van der Waals surface area contributed by atoms with Crippen LogP contribution in [-0.2, 0) is 10.0 Å². The van der Waals surface area contributed by atoms with Crippen molar-refractivity contribution in [3.8, 4) is 0 Å².